The van der Waals surface area contributed by atoms with Crippen molar-refractivity contribution in [2.24, 2.45) is 0 Å². The highest BCUT2D eigenvalue weighted by Gasteiger charge is 2.19. The summed E-state index contributed by atoms with van der Waals surface area (Å²) in [6, 6.07) is -0.129. The van der Waals surface area contributed by atoms with E-state index in [1.807, 2.05) is 6.92 Å². The number of thiazole rings is 1. The maximum atomic E-state index is 12.1. The van der Waals surface area contributed by atoms with Gasteiger partial charge in [0.1, 0.15) is 10.7 Å². The molecule has 0 bridgehead atoms. The Morgan fingerprint density at radius 1 is 1.67 bits per heavy atom. The van der Waals surface area contributed by atoms with Gasteiger partial charge in [-0.3, -0.25) is 4.79 Å². The Kier molecular flexibility index (Phi) is 3.61. The Morgan fingerprint density at radius 2 is 2.44 bits per heavy atom. The highest BCUT2D eigenvalue weighted by atomic mass is 32.1. The smallest absolute Gasteiger partial charge is 0.263 e. The lowest BCUT2D eigenvalue weighted by atomic mass is 10.2. The van der Waals surface area contributed by atoms with Crippen LogP contribution in [0.1, 0.15) is 40.6 Å². The van der Waals surface area contributed by atoms with Gasteiger partial charge in [-0.1, -0.05) is 18.3 Å². The Morgan fingerprint density at radius 3 is 2.94 bits per heavy atom. The second-order valence-corrected chi connectivity index (χ2v) is 4.91. The van der Waals surface area contributed by atoms with Crippen molar-refractivity contribution in [2.75, 3.05) is 5.73 Å². The number of carbonyl (C=O) groups is 1. The van der Waals surface area contributed by atoms with Crippen molar-refractivity contribution < 1.29 is 4.79 Å². The van der Waals surface area contributed by atoms with Gasteiger partial charge in [-0.05, 0) is 13.3 Å². The predicted molar refractivity (Wildman–Crippen MR) is 70.3 cm³/mol. The number of nitrogens with one attached hydrogen (secondary N) is 2. The van der Waals surface area contributed by atoms with Gasteiger partial charge in [0.2, 0.25) is 0 Å². The number of aromatic amines is 1. The molecule has 0 fully saturated rings. The molecule has 2 aromatic rings. The summed E-state index contributed by atoms with van der Waals surface area (Å²) >= 11 is 1.20. The number of aromatic nitrogens is 3. The van der Waals surface area contributed by atoms with Crippen LogP contribution in [0.15, 0.2) is 12.4 Å². The van der Waals surface area contributed by atoms with Crippen molar-refractivity contribution >= 4 is 22.4 Å². The molecule has 18 heavy (non-hydrogen) atoms. The quantitative estimate of drug-likeness (QED) is 0.782. The van der Waals surface area contributed by atoms with Gasteiger partial charge in [0, 0.05) is 12.4 Å². The van der Waals surface area contributed by atoms with Crippen LogP contribution in [-0.4, -0.2) is 20.9 Å². The first-order valence-corrected chi connectivity index (χ1v) is 6.46. The minimum Gasteiger partial charge on any atom is -0.375 e. The van der Waals surface area contributed by atoms with Gasteiger partial charge in [0.25, 0.3) is 5.91 Å². The first-order valence-electron chi connectivity index (χ1n) is 5.64. The fraction of sp³-hybridized carbons (Fsp3) is 0.364. The monoisotopic (exact) mass is 265 g/mol. The van der Waals surface area contributed by atoms with Gasteiger partial charge in [-0.15, -0.1) is 0 Å². The maximum absolute atomic E-state index is 12.1. The Hall–Kier alpha value is -1.89. The van der Waals surface area contributed by atoms with Gasteiger partial charge in [-0.2, -0.15) is 0 Å². The molecule has 96 valence electrons. The number of imidazole rings is 1. The summed E-state index contributed by atoms with van der Waals surface area (Å²) < 4.78 is 0. The molecule has 4 N–H and O–H groups in total. The van der Waals surface area contributed by atoms with E-state index in [4.69, 9.17) is 5.73 Å². The number of anilines is 1. The van der Waals surface area contributed by atoms with Crippen LogP contribution in [-0.2, 0) is 0 Å². The molecule has 0 aliphatic rings. The zero-order chi connectivity index (χ0) is 13.1. The molecule has 1 atom stereocenters. The molecule has 0 spiro atoms. The molecule has 2 rings (SSSR count). The molecule has 1 amide bonds. The number of hydrogen-bond donors (Lipinski definition) is 3. The highest BCUT2D eigenvalue weighted by Crippen LogP contribution is 2.21. The van der Waals surface area contributed by atoms with Crippen LogP contribution in [0.3, 0.4) is 0 Å². The van der Waals surface area contributed by atoms with E-state index in [0.717, 1.165) is 12.2 Å². The SMILES string of the molecule is CCC(NC(=O)c1sc(N)nc1C)c1ncc[nH]1. The summed E-state index contributed by atoms with van der Waals surface area (Å²) in [5, 5.41) is 3.33. The number of rotatable bonds is 4. The number of carbonyl (C=O) groups excluding carboxylic acids is 1. The first-order chi connectivity index (χ1) is 8.61. The van der Waals surface area contributed by atoms with E-state index in [9.17, 15) is 4.79 Å². The van der Waals surface area contributed by atoms with E-state index in [2.05, 4.69) is 20.3 Å². The second kappa shape index (κ2) is 5.18. The van der Waals surface area contributed by atoms with E-state index in [1.165, 1.54) is 11.3 Å². The summed E-state index contributed by atoms with van der Waals surface area (Å²) in [6.45, 7) is 3.76. The van der Waals surface area contributed by atoms with Crippen LogP contribution >= 0.6 is 11.3 Å². The van der Waals surface area contributed by atoms with E-state index in [-0.39, 0.29) is 11.9 Å². The molecule has 1 unspecified atom stereocenters. The number of nitrogen functional groups attached to an aromatic ring is 1. The Labute approximate surface area is 109 Å². The van der Waals surface area contributed by atoms with E-state index >= 15 is 0 Å². The lowest BCUT2D eigenvalue weighted by molar-refractivity contribution is 0.0937. The van der Waals surface area contributed by atoms with E-state index < -0.39 is 0 Å². The van der Waals surface area contributed by atoms with E-state index in [1.54, 1.807) is 19.3 Å². The molecule has 0 saturated heterocycles. The first kappa shape index (κ1) is 12.6. The van der Waals surface area contributed by atoms with Gasteiger partial charge >= 0.3 is 0 Å². The lowest BCUT2D eigenvalue weighted by Gasteiger charge is -2.13. The maximum Gasteiger partial charge on any atom is 0.263 e. The second-order valence-electron chi connectivity index (χ2n) is 3.88. The summed E-state index contributed by atoms with van der Waals surface area (Å²) in [4.78, 5) is 23.9. The summed E-state index contributed by atoms with van der Waals surface area (Å²) in [5.41, 5.74) is 6.24. The number of H-pyrrole nitrogens is 1. The van der Waals surface area contributed by atoms with Gasteiger partial charge < -0.3 is 16.0 Å². The molecular weight excluding hydrogens is 250 g/mol. The topological polar surface area (TPSA) is 96.7 Å². The summed E-state index contributed by atoms with van der Waals surface area (Å²) in [6.07, 6.45) is 4.16. The number of aryl methyl sites for hydroxylation is 1. The third-order valence-electron chi connectivity index (χ3n) is 2.58. The molecule has 0 radical (unpaired) electrons. The van der Waals surface area contributed by atoms with Crippen molar-refractivity contribution in [3.8, 4) is 0 Å². The normalized spacial score (nSPS) is 12.3. The number of nitrogens with two attached hydrogens (primary N) is 1. The van der Waals surface area contributed by atoms with Crippen molar-refractivity contribution in [1.29, 1.82) is 0 Å². The van der Waals surface area contributed by atoms with Crippen molar-refractivity contribution in [2.45, 2.75) is 26.3 Å². The number of hydrogen-bond acceptors (Lipinski definition) is 5. The van der Waals surface area contributed by atoms with E-state index in [0.29, 0.717) is 15.7 Å². The summed E-state index contributed by atoms with van der Waals surface area (Å²) in [7, 11) is 0. The third-order valence-corrected chi connectivity index (χ3v) is 3.57. The minimum atomic E-state index is -0.162. The molecule has 2 aromatic heterocycles. The van der Waals surface area contributed by atoms with Crippen LogP contribution in [0.5, 0.6) is 0 Å². The van der Waals surface area contributed by atoms with Gasteiger partial charge in [-0.25, -0.2) is 9.97 Å². The van der Waals surface area contributed by atoms with Crippen LogP contribution < -0.4 is 11.1 Å². The van der Waals surface area contributed by atoms with Gasteiger partial charge in [0.15, 0.2) is 5.13 Å². The fourth-order valence-electron chi connectivity index (χ4n) is 1.68. The van der Waals surface area contributed by atoms with Crippen LogP contribution in [0.4, 0.5) is 5.13 Å². The Balaban J connectivity index is 2.13. The van der Waals surface area contributed by atoms with Crippen molar-refractivity contribution in [3.05, 3.63) is 28.8 Å². The minimum absolute atomic E-state index is 0.129. The molecule has 0 aliphatic heterocycles. The fourth-order valence-corrected chi connectivity index (χ4v) is 2.42. The average molecular weight is 265 g/mol. The zero-order valence-electron chi connectivity index (χ0n) is 10.2. The third kappa shape index (κ3) is 2.51. The standard InChI is InChI=1S/C11H15N5OS/c1-3-7(9-13-4-5-14-9)16-10(17)8-6(2)15-11(12)18-8/h4-5,7H,3H2,1-2H3,(H2,12,15)(H,13,14)(H,16,17). The lowest BCUT2D eigenvalue weighted by Crippen LogP contribution is -2.28. The summed E-state index contributed by atoms with van der Waals surface area (Å²) in [5.74, 6) is 0.589. The molecule has 0 saturated carbocycles. The molecule has 7 heteroatoms. The predicted octanol–water partition coefficient (Wildman–Crippen LogP) is 1.64. The van der Waals surface area contributed by atoms with Crippen LogP contribution in [0, 0.1) is 6.92 Å². The molecule has 6 nitrogen and oxygen atoms in total. The van der Waals surface area contributed by atoms with Crippen molar-refractivity contribution in [1.82, 2.24) is 20.3 Å². The highest BCUT2D eigenvalue weighted by molar-refractivity contribution is 7.17. The number of amides is 1. The van der Waals surface area contributed by atoms with Crippen molar-refractivity contribution in [3.63, 3.8) is 0 Å². The van der Waals surface area contributed by atoms with Crippen LogP contribution in [0.2, 0.25) is 0 Å². The zero-order valence-corrected chi connectivity index (χ0v) is 11.0. The molecular formula is C11H15N5OS. The molecule has 0 aromatic carbocycles. The molecule has 0 aliphatic carbocycles. The number of nitrogens with zero attached hydrogens (tertiary/aromatic N) is 2. The van der Waals surface area contributed by atoms with Gasteiger partial charge in [0.05, 0.1) is 11.7 Å². The molecule has 2 heterocycles. The average Bonchev–Trinajstić information content (AvgIpc) is 2.95. The van der Waals surface area contributed by atoms with Crippen LogP contribution in [0.25, 0.3) is 0 Å². The largest absolute Gasteiger partial charge is 0.375 e. The Bertz CT molecular complexity index is 534.